The molecule has 0 aromatic carbocycles. The van der Waals surface area contributed by atoms with E-state index in [0.717, 1.165) is 29.6 Å². The third-order valence-electron chi connectivity index (χ3n) is 4.70. The molecule has 4 rings (SSSR count). The van der Waals surface area contributed by atoms with E-state index in [9.17, 15) is 0 Å². The minimum absolute atomic E-state index is 0.219. The van der Waals surface area contributed by atoms with Gasteiger partial charge < -0.3 is 14.3 Å². The third kappa shape index (κ3) is 1.97. The minimum Gasteiger partial charge on any atom is -0.469 e. The normalized spacial score (nSPS) is 29.6. The molecule has 0 amide bonds. The summed E-state index contributed by atoms with van der Waals surface area (Å²) < 4.78 is 10.8. The Morgan fingerprint density at radius 1 is 1.30 bits per heavy atom. The molecule has 1 N–H and O–H groups in total. The molecule has 5 heteroatoms. The molecule has 2 aliphatic rings. The van der Waals surface area contributed by atoms with Crippen LogP contribution in [0.5, 0.6) is 0 Å². The van der Waals surface area contributed by atoms with Gasteiger partial charge in [-0.15, -0.1) is 0 Å². The zero-order valence-corrected chi connectivity index (χ0v) is 11.6. The van der Waals surface area contributed by atoms with Crippen LogP contribution >= 0.6 is 0 Å². The Balaban J connectivity index is 1.55. The fraction of sp³-hybridized carbons (Fsp3) is 0.600. The van der Waals surface area contributed by atoms with E-state index in [-0.39, 0.29) is 6.04 Å². The molecule has 3 unspecified atom stereocenters. The second kappa shape index (κ2) is 4.74. The number of fused-ring (bicyclic) bond motifs is 1. The number of aryl methyl sites for hydroxylation is 1. The molecule has 20 heavy (non-hydrogen) atoms. The third-order valence-corrected chi connectivity index (χ3v) is 4.70. The van der Waals surface area contributed by atoms with Crippen LogP contribution in [-0.2, 0) is 0 Å². The molecule has 5 nitrogen and oxygen atoms in total. The summed E-state index contributed by atoms with van der Waals surface area (Å²) in [6.45, 7) is 1.91. The summed E-state index contributed by atoms with van der Waals surface area (Å²) >= 11 is 0. The zero-order chi connectivity index (χ0) is 13.5. The molecule has 2 fully saturated rings. The number of nitrogens with zero attached hydrogens (tertiary/aromatic N) is 2. The van der Waals surface area contributed by atoms with Crippen molar-refractivity contribution in [3.05, 3.63) is 24.0 Å². The lowest BCUT2D eigenvalue weighted by Gasteiger charge is -2.24. The van der Waals surface area contributed by atoms with Gasteiger partial charge in [0, 0.05) is 6.04 Å². The van der Waals surface area contributed by atoms with Crippen LogP contribution in [0.3, 0.4) is 0 Å². The van der Waals surface area contributed by atoms with Crippen LogP contribution in [0.1, 0.15) is 49.8 Å². The van der Waals surface area contributed by atoms with E-state index in [0.29, 0.717) is 11.9 Å². The van der Waals surface area contributed by atoms with Crippen molar-refractivity contribution in [3.63, 3.8) is 0 Å². The first-order chi connectivity index (χ1) is 9.81. The van der Waals surface area contributed by atoms with Crippen molar-refractivity contribution in [3.8, 4) is 11.4 Å². The number of rotatable bonds is 2. The average molecular weight is 273 g/mol. The highest BCUT2D eigenvalue weighted by atomic mass is 16.5. The van der Waals surface area contributed by atoms with Gasteiger partial charge in [0.1, 0.15) is 5.76 Å². The molecule has 0 spiro atoms. The summed E-state index contributed by atoms with van der Waals surface area (Å²) in [7, 11) is 0. The van der Waals surface area contributed by atoms with E-state index in [4.69, 9.17) is 8.94 Å². The second-order valence-electron chi connectivity index (χ2n) is 5.95. The number of aromatic nitrogens is 2. The molecular formula is C15H19N3O2. The van der Waals surface area contributed by atoms with Crippen molar-refractivity contribution in [1.29, 1.82) is 0 Å². The first-order valence-corrected chi connectivity index (χ1v) is 7.45. The SMILES string of the molecule is Cc1occc1-c1noc(C2CC3CCCCC3N2)n1. The molecule has 3 heterocycles. The smallest absolute Gasteiger partial charge is 0.244 e. The van der Waals surface area contributed by atoms with Crippen LogP contribution in [0, 0.1) is 12.8 Å². The predicted octanol–water partition coefficient (Wildman–Crippen LogP) is 3.23. The molecule has 1 saturated carbocycles. The molecule has 2 aromatic rings. The quantitative estimate of drug-likeness (QED) is 0.910. The van der Waals surface area contributed by atoms with E-state index >= 15 is 0 Å². The highest BCUT2D eigenvalue weighted by molar-refractivity contribution is 5.56. The van der Waals surface area contributed by atoms with E-state index in [1.54, 1.807) is 6.26 Å². The van der Waals surface area contributed by atoms with E-state index in [2.05, 4.69) is 15.5 Å². The topological polar surface area (TPSA) is 64.1 Å². The monoisotopic (exact) mass is 273 g/mol. The van der Waals surface area contributed by atoms with E-state index < -0.39 is 0 Å². The summed E-state index contributed by atoms with van der Waals surface area (Å²) in [5, 5.41) is 7.76. The number of hydrogen-bond acceptors (Lipinski definition) is 5. The van der Waals surface area contributed by atoms with Gasteiger partial charge in [-0.05, 0) is 38.2 Å². The van der Waals surface area contributed by atoms with Crippen LogP contribution in [-0.4, -0.2) is 16.2 Å². The molecule has 1 aliphatic heterocycles. The van der Waals surface area contributed by atoms with E-state index in [1.165, 1.54) is 25.7 Å². The highest BCUT2D eigenvalue weighted by Gasteiger charge is 2.38. The molecular weight excluding hydrogens is 254 g/mol. The molecule has 0 radical (unpaired) electrons. The van der Waals surface area contributed by atoms with Crippen molar-refractivity contribution in [1.82, 2.24) is 15.5 Å². The van der Waals surface area contributed by atoms with Gasteiger partial charge in [-0.3, -0.25) is 0 Å². The maximum absolute atomic E-state index is 5.47. The Hall–Kier alpha value is -1.62. The lowest BCUT2D eigenvalue weighted by atomic mass is 9.85. The van der Waals surface area contributed by atoms with Crippen molar-refractivity contribution in [2.24, 2.45) is 5.92 Å². The summed E-state index contributed by atoms with van der Waals surface area (Å²) in [4.78, 5) is 4.55. The molecule has 3 atom stereocenters. The van der Waals surface area contributed by atoms with Gasteiger partial charge in [0.2, 0.25) is 11.7 Å². The highest BCUT2D eigenvalue weighted by Crippen LogP contribution is 2.39. The summed E-state index contributed by atoms with van der Waals surface area (Å²) in [5.41, 5.74) is 0.912. The first-order valence-electron chi connectivity index (χ1n) is 7.45. The molecule has 106 valence electrons. The van der Waals surface area contributed by atoms with Gasteiger partial charge in [0.05, 0.1) is 17.9 Å². The van der Waals surface area contributed by atoms with Crippen LogP contribution in [0.25, 0.3) is 11.4 Å². The molecule has 1 saturated heterocycles. The number of hydrogen-bond donors (Lipinski definition) is 1. The molecule has 1 aliphatic carbocycles. The van der Waals surface area contributed by atoms with Crippen molar-refractivity contribution in [2.75, 3.05) is 0 Å². The van der Waals surface area contributed by atoms with E-state index in [1.807, 2.05) is 13.0 Å². The Kier molecular flexibility index (Phi) is 2.88. The fourth-order valence-corrected chi connectivity index (χ4v) is 3.61. The van der Waals surface area contributed by atoms with Crippen molar-refractivity contribution >= 4 is 0 Å². The van der Waals surface area contributed by atoms with Crippen LogP contribution in [0.4, 0.5) is 0 Å². The molecule has 2 aromatic heterocycles. The zero-order valence-electron chi connectivity index (χ0n) is 11.6. The largest absolute Gasteiger partial charge is 0.469 e. The predicted molar refractivity (Wildman–Crippen MR) is 73.0 cm³/mol. The number of nitrogens with one attached hydrogen (secondary N) is 1. The Bertz CT molecular complexity index is 590. The Morgan fingerprint density at radius 3 is 3.00 bits per heavy atom. The maximum Gasteiger partial charge on any atom is 0.244 e. The lowest BCUT2D eigenvalue weighted by molar-refractivity contribution is 0.324. The van der Waals surface area contributed by atoms with Gasteiger partial charge in [-0.25, -0.2) is 0 Å². The van der Waals surface area contributed by atoms with Gasteiger partial charge in [-0.1, -0.05) is 18.0 Å². The lowest BCUT2D eigenvalue weighted by Crippen LogP contribution is -2.30. The van der Waals surface area contributed by atoms with Crippen LogP contribution < -0.4 is 5.32 Å². The van der Waals surface area contributed by atoms with Gasteiger partial charge in [0.25, 0.3) is 0 Å². The minimum atomic E-state index is 0.219. The standard InChI is InChI=1S/C15H19N3O2/c1-9-11(6-7-19-9)14-17-15(20-18-14)13-8-10-4-2-3-5-12(10)16-13/h6-7,10,12-13,16H,2-5,8H2,1H3. The summed E-state index contributed by atoms with van der Waals surface area (Å²) in [6, 6.07) is 2.74. The summed E-state index contributed by atoms with van der Waals surface area (Å²) in [6.07, 6.45) is 8.09. The van der Waals surface area contributed by atoms with Crippen molar-refractivity contribution < 1.29 is 8.94 Å². The first kappa shape index (κ1) is 12.1. The van der Waals surface area contributed by atoms with Gasteiger partial charge in [-0.2, -0.15) is 4.98 Å². The Morgan fingerprint density at radius 2 is 2.20 bits per heavy atom. The fourth-order valence-electron chi connectivity index (χ4n) is 3.61. The van der Waals surface area contributed by atoms with Crippen LogP contribution in [0.2, 0.25) is 0 Å². The molecule has 0 bridgehead atoms. The van der Waals surface area contributed by atoms with Crippen LogP contribution in [0.15, 0.2) is 21.3 Å². The summed E-state index contributed by atoms with van der Waals surface area (Å²) in [5.74, 6) is 2.95. The van der Waals surface area contributed by atoms with Crippen molar-refractivity contribution in [2.45, 2.75) is 51.1 Å². The number of furan rings is 1. The maximum atomic E-state index is 5.47. The second-order valence-corrected chi connectivity index (χ2v) is 5.95. The van der Waals surface area contributed by atoms with Gasteiger partial charge in [0.15, 0.2) is 0 Å². The Labute approximate surface area is 117 Å². The average Bonchev–Trinajstić information content (AvgIpc) is 3.15. The van der Waals surface area contributed by atoms with Gasteiger partial charge >= 0.3 is 0 Å².